The average Bonchev–Trinajstić information content (AvgIpc) is 2.75. The summed E-state index contributed by atoms with van der Waals surface area (Å²) in [7, 11) is -0.717. The van der Waals surface area contributed by atoms with Gasteiger partial charge in [0.15, 0.2) is 0 Å². The van der Waals surface area contributed by atoms with Gasteiger partial charge in [-0.3, -0.25) is 0 Å². The van der Waals surface area contributed by atoms with Crippen LogP contribution in [0.2, 0.25) is 12.1 Å². The van der Waals surface area contributed by atoms with Crippen LogP contribution in [0.4, 0.5) is 0 Å². The van der Waals surface area contributed by atoms with E-state index in [9.17, 15) is 0 Å². The van der Waals surface area contributed by atoms with Crippen molar-refractivity contribution in [2.45, 2.75) is 141 Å². The third-order valence-electron chi connectivity index (χ3n) is 6.77. The molecule has 0 N–H and O–H groups in total. The Balaban J connectivity index is 2.52. The van der Waals surface area contributed by atoms with E-state index in [-0.39, 0.29) is 0 Å². The quantitative estimate of drug-likeness (QED) is 0.146. The van der Waals surface area contributed by atoms with E-state index in [1.165, 1.54) is 103 Å². The molecule has 0 aliphatic heterocycles. The van der Waals surface area contributed by atoms with Crippen LogP contribution in [-0.4, -0.2) is 8.80 Å². The zero-order valence-electron chi connectivity index (χ0n) is 20.3. The molecule has 0 fully saturated rings. The van der Waals surface area contributed by atoms with Gasteiger partial charge in [0.1, 0.15) is 0 Å². The summed E-state index contributed by atoms with van der Waals surface area (Å²) in [5.41, 5.74) is 2.60. The van der Waals surface area contributed by atoms with Crippen LogP contribution < -0.4 is 0 Å². The van der Waals surface area contributed by atoms with Gasteiger partial charge in [-0.25, -0.2) is 0 Å². The molecule has 1 aromatic rings. The van der Waals surface area contributed by atoms with Crippen molar-refractivity contribution in [3.63, 3.8) is 0 Å². The maximum Gasteiger partial charge on any atom is 0.0449 e. The fourth-order valence-electron chi connectivity index (χ4n) is 4.91. The highest BCUT2D eigenvalue weighted by atomic mass is 28.3. The van der Waals surface area contributed by atoms with Crippen molar-refractivity contribution in [3.05, 3.63) is 35.9 Å². The molecule has 0 amide bonds. The molecular weight excluding hydrogens is 364 g/mol. The maximum atomic E-state index is 2.44. The van der Waals surface area contributed by atoms with E-state index >= 15 is 0 Å². The molecule has 1 rings (SSSR count). The number of rotatable bonds is 20. The van der Waals surface area contributed by atoms with Gasteiger partial charge in [-0.05, 0) is 17.5 Å². The summed E-state index contributed by atoms with van der Waals surface area (Å²) in [6.07, 6.45) is 23.1. The molecule has 168 valence electrons. The zero-order valence-corrected chi connectivity index (χ0v) is 21.4. The molecule has 1 aromatic carbocycles. The first-order valence-corrected chi connectivity index (χ1v) is 15.7. The zero-order chi connectivity index (χ0) is 21.0. The topological polar surface area (TPSA) is 0 Å². The van der Waals surface area contributed by atoms with Gasteiger partial charge >= 0.3 is 0 Å². The van der Waals surface area contributed by atoms with E-state index < -0.39 is 8.80 Å². The number of benzene rings is 1. The lowest BCUT2D eigenvalue weighted by molar-refractivity contribution is 0.551. The summed E-state index contributed by atoms with van der Waals surface area (Å²) in [5.74, 6) is 0. The largest absolute Gasteiger partial charge is 0.0654 e. The predicted octanol–water partition coefficient (Wildman–Crippen LogP) is 9.84. The molecule has 29 heavy (non-hydrogen) atoms. The third kappa shape index (κ3) is 13.4. The summed E-state index contributed by atoms with van der Waals surface area (Å²) in [6.45, 7) is 7.01. The van der Waals surface area contributed by atoms with Crippen molar-refractivity contribution < 1.29 is 0 Å². The minimum atomic E-state index is -0.717. The highest BCUT2D eigenvalue weighted by Gasteiger charge is 2.23. The molecule has 1 atom stereocenters. The first-order valence-electron chi connectivity index (χ1n) is 13.4. The first-order chi connectivity index (χ1) is 14.3. The van der Waals surface area contributed by atoms with Crippen molar-refractivity contribution in [1.29, 1.82) is 0 Å². The molecule has 1 heteroatoms. The van der Waals surface area contributed by atoms with Crippen LogP contribution in [0.15, 0.2) is 30.3 Å². The van der Waals surface area contributed by atoms with Gasteiger partial charge in [-0.2, -0.15) is 0 Å². The second-order valence-corrected chi connectivity index (χ2v) is 12.9. The fourth-order valence-corrected chi connectivity index (χ4v) is 9.10. The SMILES string of the molecule is CCCCCCCCCCCC(c1ccccc1)[SiH](CCCCC)CCCCC. The Bertz CT molecular complexity index is 431. The van der Waals surface area contributed by atoms with E-state index in [4.69, 9.17) is 0 Å². The molecule has 0 aliphatic carbocycles. The molecule has 0 radical (unpaired) electrons. The lowest BCUT2D eigenvalue weighted by Crippen LogP contribution is -2.24. The van der Waals surface area contributed by atoms with E-state index in [1.807, 2.05) is 0 Å². The second-order valence-electron chi connectivity index (χ2n) is 9.39. The highest BCUT2D eigenvalue weighted by Crippen LogP contribution is 2.31. The molecule has 0 saturated carbocycles. The fraction of sp³-hybridized carbons (Fsp3) is 0.786. The molecule has 0 aliphatic rings. The smallest absolute Gasteiger partial charge is 0.0449 e. The lowest BCUT2D eigenvalue weighted by Gasteiger charge is -2.27. The summed E-state index contributed by atoms with van der Waals surface area (Å²) in [5, 5.41) is 0. The van der Waals surface area contributed by atoms with Gasteiger partial charge in [0.2, 0.25) is 0 Å². The Morgan fingerprint density at radius 1 is 0.552 bits per heavy atom. The average molecular weight is 417 g/mol. The molecule has 0 bridgehead atoms. The van der Waals surface area contributed by atoms with Crippen molar-refractivity contribution in [2.24, 2.45) is 0 Å². The maximum absolute atomic E-state index is 2.44. The molecule has 0 heterocycles. The highest BCUT2D eigenvalue weighted by molar-refractivity contribution is 6.60. The Labute approximate surface area is 185 Å². The van der Waals surface area contributed by atoms with Crippen molar-refractivity contribution in [2.75, 3.05) is 0 Å². The van der Waals surface area contributed by atoms with Gasteiger partial charge in [-0.1, -0.05) is 160 Å². The Morgan fingerprint density at radius 2 is 1.00 bits per heavy atom. The van der Waals surface area contributed by atoms with Crippen LogP contribution >= 0.6 is 0 Å². The minimum absolute atomic E-state index is 0.717. The van der Waals surface area contributed by atoms with Crippen molar-refractivity contribution in [3.8, 4) is 0 Å². The van der Waals surface area contributed by atoms with Crippen LogP contribution in [-0.2, 0) is 0 Å². The predicted molar refractivity (Wildman–Crippen MR) is 137 cm³/mol. The van der Waals surface area contributed by atoms with Crippen LogP contribution in [0.3, 0.4) is 0 Å². The van der Waals surface area contributed by atoms with Crippen LogP contribution in [0.25, 0.3) is 0 Å². The van der Waals surface area contributed by atoms with Gasteiger partial charge in [0, 0.05) is 8.80 Å². The molecule has 0 aromatic heterocycles. The monoisotopic (exact) mass is 416 g/mol. The molecule has 0 saturated heterocycles. The van der Waals surface area contributed by atoms with Crippen LogP contribution in [0.5, 0.6) is 0 Å². The Morgan fingerprint density at radius 3 is 1.52 bits per heavy atom. The molecular formula is C28H52Si. The minimum Gasteiger partial charge on any atom is -0.0654 e. The molecule has 0 nitrogen and oxygen atoms in total. The standard InChI is InChI=1S/C28H52Si/c1-4-7-10-11-12-13-14-15-19-24-28(27-22-17-16-18-23-27)29(25-20-8-5-2)26-21-9-6-3/h16-18,22-23,28-29H,4-15,19-21,24-26H2,1-3H3. The van der Waals surface area contributed by atoms with E-state index in [0.717, 1.165) is 5.54 Å². The Kier molecular flexibility index (Phi) is 17.7. The van der Waals surface area contributed by atoms with Crippen LogP contribution in [0, 0.1) is 0 Å². The van der Waals surface area contributed by atoms with E-state index in [0.29, 0.717) is 0 Å². The summed E-state index contributed by atoms with van der Waals surface area (Å²) in [4.78, 5) is 0. The number of hydrogen-bond acceptors (Lipinski definition) is 0. The number of hydrogen-bond donors (Lipinski definition) is 0. The molecule has 0 spiro atoms. The summed E-state index contributed by atoms with van der Waals surface area (Å²) < 4.78 is 0. The van der Waals surface area contributed by atoms with Crippen molar-refractivity contribution >= 4 is 8.80 Å². The first kappa shape index (κ1) is 26.5. The van der Waals surface area contributed by atoms with Gasteiger partial charge < -0.3 is 0 Å². The van der Waals surface area contributed by atoms with Gasteiger partial charge in [0.25, 0.3) is 0 Å². The van der Waals surface area contributed by atoms with Gasteiger partial charge in [0.05, 0.1) is 0 Å². The third-order valence-corrected chi connectivity index (χ3v) is 10.9. The van der Waals surface area contributed by atoms with Crippen LogP contribution in [0.1, 0.15) is 135 Å². The van der Waals surface area contributed by atoms with Crippen molar-refractivity contribution in [1.82, 2.24) is 0 Å². The normalized spacial score (nSPS) is 12.6. The summed E-state index contributed by atoms with van der Waals surface area (Å²) in [6, 6.07) is 14.8. The number of unbranched alkanes of at least 4 members (excludes halogenated alkanes) is 12. The second kappa shape index (κ2) is 19.4. The summed E-state index contributed by atoms with van der Waals surface area (Å²) >= 11 is 0. The molecule has 1 unspecified atom stereocenters. The van der Waals surface area contributed by atoms with E-state index in [2.05, 4.69) is 51.1 Å². The van der Waals surface area contributed by atoms with Gasteiger partial charge in [-0.15, -0.1) is 0 Å². The van der Waals surface area contributed by atoms with E-state index in [1.54, 1.807) is 17.7 Å². The Hall–Kier alpha value is -0.563. The lowest BCUT2D eigenvalue weighted by atomic mass is 10.0.